The van der Waals surface area contributed by atoms with Gasteiger partial charge in [0.1, 0.15) is 11.4 Å². The second-order valence-electron chi connectivity index (χ2n) is 8.15. The summed E-state index contributed by atoms with van der Waals surface area (Å²) in [4.78, 5) is 39.4. The summed E-state index contributed by atoms with van der Waals surface area (Å²) < 4.78 is 4.70. The predicted molar refractivity (Wildman–Crippen MR) is 137 cm³/mol. The van der Waals surface area contributed by atoms with Crippen LogP contribution in [-0.2, 0) is 19.1 Å². The topological polar surface area (TPSA) is 204 Å². The Labute approximate surface area is 212 Å². The Morgan fingerprint density at radius 1 is 1.03 bits per heavy atom. The minimum Gasteiger partial charge on any atom is -0.409 e. The highest BCUT2D eigenvalue weighted by atomic mass is 35.5. The first-order chi connectivity index (χ1) is 15.8. The van der Waals surface area contributed by atoms with Crippen molar-refractivity contribution in [3.63, 3.8) is 0 Å². The molecule has 200 valence electrons. The van der Waals surface area contributed by atoms with Crippen molar-refractivity contribution in [2.45, 2.75) is 38.8 Å². The number of cyclic esters (lactones) is 1. The number of ether oxygens (including phenoxy) is 1. The van der Waals surface area contributed by atoms with Crippen molar-refractivity contribution in [1.82, 2.24) is 15.5 Å². The van der Waals surface area contributed by atoms with Gasteiger partial charge in [-0.05, 0) is 27.7 Å². The molecule has 0 saturated heterocycles. The Hall–Kier alpha value is -1.54. The van der Waals surface area contributed by atoms with Crippen LogP contribution in [0.15, 0.2) is 4.99 Å². The van der Waals surface area contributed by atoms with E-state index >= 15 is 0 Å². The first-order valence-electron chi connectivity index (χ1n) is 10.9. The predicted octanol–water partition coefficient (Wildman–Crippen LogP) is -1.68. The van der Waals surface area contributed by atoms with Gasteiger partial charge in [-0.3, -0.25) is 14.5 Å². The van der Waals surface area contributed by atoms with Gasteiger partial charge in [0, 0.05) is 52.4 Å². The van der Waals surface area contributed by atoms with Crippen LogP contribution in [0.5, 0.6) is 0 Å². The highest BCUT2D eigenvalue weighted by molar-refractivity contribution is 6.29. The van der Waals surface area contributed by atoms with Gasteiger partial charge in [0.2, 0.25) is 17.7 Å². The van der Waals surface area contributed by atoms with E-state index in [0.29, 0.717) is 38.6 Å². The van der Waals surface area contributed by atoms with Crippen molar-refractivity contribution in [2.75, 3.05) is 64.1 Å². The fourth-order valence-corrected chi connectivity index (χ4v) is 2.58. The maximum absolute atomic E-state index is 11.5. The minimum absolute atomic E-state index is 0.159. The molecule has 0 aromatic rings. The average Bonchev–Trinajstić information content (AvgIpc) is 3.04. The molecule has 34 heavy (non-hydrogen) atoms. The zero-order chi connectivity index (χ0) is 26.8. The monoisotopic (exact) mass is 528 g/mol. The van der Waals surface area contributed by atoms with Gasteiger partial charge in [0.15, 0.2) is 5.54 Å². The summed E-state index contributed by atoms with van der Waals surface area (Å²) in [6, 6.07) is 0. The average molecular weight is 530 g/mol. The van der Waals surface area contributed by atoms with Crippen molar-refractivity contribution in [3.8, 4) is 0 Å². The molecule has 0 fully saturated rings. The summed E-state index contributed by atoms with van der Waals surface area (Å²) >= 11 is 10.7. The molecule has 0 aromatic carbocycles. The number of hydrogen-bond donors (Lipinski definition) is 6. The number of nitrogens with one attached hydrogen (secondary N) is 2. The maximum atomic E-state index is 11.5. The number of nitrogens with zero attached hydrogens (tertiary/aromatic N) is 2. The lowest BCUT2D eigenvalue weighted by atomic mass is 10.0. The van der Waals surface area contributed by atoms with E-state index in [-0.39, 0.29) is 29.5 Å². The number of alkyl halides is 2. The van der Waals surface area contributed by atoms with E-state index in [4.69, 9.17) is 50.9 Å². The maximum Gasteiger partial charge on any atom is 0.340 e. The zero-order valence-electron chi connectivity index (χ0n) is 20.7. The molecule has 0 spiro atoms. The summed E-state index contributed by atoms with van der Waals surface area (Å²) in [5.41, 5.74) is 19.6. The first kappa shape index (κ1) is 34.6. The Morgan fingerprint density at radius 2 is 1.53 bits per heavy atom. The molecule has 1 aliphatic rings. The smallest absolute Gasteiger partial charge is 0.340 e. The number of hydrogen-bond acceptors (Lipinski definition) is 10. The molecule has 10 N–H and O–H groups in total. The summed E-state index contributed by atoms with van der Waals surface area (Å²) in [5, 5.41) is 5.07. The summed E-state index contributed by atoms with van der Waals surface area (Å²) in [6.07, 6.45) is 0. The number of halogens is 2. The lowest BCUT2D eigenvalue weighted by Crippen LogP contribution is -2.55. The van der Waals surface area contributed by atoms with Gasteiger partial charge >= 0.3 is 5.97 Å². The van der Waals surface area contributed by atoms with Gasteiger partial charge in [-0.15, -0.1) is 23.2 Å². The molecule has 12 nitrogen and oxygen atoms in total. The molecule has 0 aliphatic carbocycles. The van der Waals surface area contributed by atoms with Gasteiger partial charge in [0.25, 0.3) is 0 Å². The number of esters is 1. The molecular weight excluding hydrogens is 487 g/mol. The molecule has 1 aliphatic heterocycles. The number of carbonyl (C=O) groups is 3. The van der Waals surface area contributed by atoms with Crippen molar-refractivity contribution in [2.24, 2.45) is 27.9 Å². The molecular formula is C20H42Cl2N8O4. The van der Waals surface area contributed by atoms with Crippen molar-refractivity contribution < 1.29 is 19.1 Å². The van der Waals surface area contributed by atoms with Crippen LogP contribution in [0.1, 0.15) is 27.7 Å². The molecule has 0 saturated carbocycles. The SMILES string of the molecule is CC(C)(NC(=O)CCl)C(=O)NCCN.CC1(C)N=C(CCl)OC1=O.NCCN(CCN)CCN. The molecule has 0 aromatic heterocycles. The second kappa shape index (κ2) is 18.7. The van der Waals surface area contributed by atoms with Crippen molar-refractivity contribution in [1.29, 1.82) is 0 Å². The molecule has 1 heterocycles. The Bertz CT molecular complexity index is 634. The largest absolute Gasteiger partial charge is 0.409 e. The number of carbonyl (C=O) groups excluding carboxylic acids is 3. The Morgan fingerprint density at radius 3 is 1.82 bits per heavy atom. The fourth-order valence-electron chi connectivity index (χ4n) is 2.40. The van der Waals surface area contributed by atoms with Crippen LogP contribution in [0.2, 0.25) is 0 Å². The van der Waals surface area contributed by atoms with E-state index in [2.05, 4.69) is 20.5 Å². The van der Waals surface area contributed by atoms with E-state index in [9.17, 15) is 14.4 Å². The van der Waals surface area contributed by atoms with E-state index in [1.807, 2.05) is 0 Å². The van der Waals surface area contributed by atoms with Crippen LogP contribution in [0, 0.1) is 0 Å². The van der Waals surface area contributed by atoms with Gasteiger partial charge in [-0.2, -0.15) is 0 Å². The zero-order valence-corrected chi connectivity index (χ0v) is 22.2. The van der Waals surface area contributed by atoms with E-state index in [1.54, 1.807) is 27.7 Å². The molecule has 14 heteroatoms. The quantitative estimate of drug-likeness (QED) is 0.126. The summed E-state index contributed by atoms with van der Waals surface area (Å²) in [5.74, 6) is -0.663. The van der Waals surface area contributed by atoms with Crippen molar-refractivity contribution >= 4 is 46.9 Å². The lowest BCUT2D eigenvalue weighted by Gasteiger charge is -2.24. The number of amides is 2. The number of nitrogens with two attached hydrogens (primary N) is 4. The number of aliphatic imine (C=N–C) groups is 1. The van der Waals surface area contributed by atoms with Gasteiger partial charge in [0.05, 0.1) is 5.88 Å². The summed E-state index contributed by atoms with van der Waals surface area (Å²) in [6.45, 7) is 12.1. The van der Waals surface area contributed by atoms with Crippen LogP contribution in [0.4, 0.5) is 0 Å². The highest BCUT2D eigenvalue weighted by Crippen LogP contribution is 2.18. The molecule has 0 atom stereocenters. The third-order valence-corrected chi connectivity index (χ3v) is 4.61. The third kappa shape index (κ3) is 15.4. The van der Waals surface area contributed by atoms with Crippen LogP contribution < -0.4 is 33.6 Å². The minimum atomic E-state index is -0.957. The second-order valence-corrected chi connectivity index (χ2v) is 8.68. The Balaban J connectivity index is 0. The normalized spacial score (nSPS) is 14.2. The van der Waals surface area contributed by atoms with Crippen molar-refractivity contribution in [3.05, 3.63) is 0 Å². The number of rotatable bonds is 12. The first-order valence-corrected chi connectivity index (χ1v) is 12.0. The summed E-state index contributed by atoms with van der Waals surface area (Å²) in [7, 11) is 0. The fraction of sp³-hybridized carbons (Fsp3) is 0.800. The van der Waals surface area contributed by atoms with E-state index in [0.717, 1.165) is 19.6 Å². The van der Waals surface area contributed by atoms with Crippen LogP contribution in [-0.4, -0.2) is 104 Å². The van der Waals surface area contributed by atoms with Crippen LogP contribution >= 0.6 is 23.2 Å². The van der Waals surface area contributed by atoms with Gasteiger partial charge < -0.3 is 38.3 Å². The molecule has 0 radical (unpaired) electrons. The van der Waals surface area contributed by atoms with Gasteiger partial charge in [-0.25, -0.2) is 9.79 Å². The highest BCUT2D eigenvalue weighted by Gasteiger charge is 2.36. The molecule has 1 rings (SSSR count). The Kier molecular flexibility index (Phi) is 19.1. The lowest BCUT2D eigenvalue weighted by molar-refractivity contribution is -0.137. The van der Waals surface area contributed by atoms with E-state index < -0.39 is 11.1 Å². The standard InChI is InChI=1S/C8H16ClN3O2.C6H8ClNO2.C6H18N4/c1-8(2,12-6(13)5-9)7(14)11-4-3-10;1-6(2)5(9)10-4(3-7)8-6;7-1-4-10(5-2-8)6-3-9/h3-5,10H2,1-2H3,(H,11,14)(H,12,13);3H2,1-2H3;1-9H2. The van der Waals surface area contributed by atoms with Crippen LogP contribution in [0.25, 0.3) is 0 Å². The van der Waals surface area contributed by atoms with E-state index in [1.165, 1.54) is 0 Å². The molecule has 0 unspecified atom stereocenters. The van der Waals surface area contributed by atoms with Crippen LogP contribution in [0.3, 0.4) is 0 Å². The molecule has 0 bridgehead atoms. The van der Waals surface area contributed by atoms with Gasteiger partial charge in [-0.1, -0.05) is 0 Å². The third-order valence-electron chi connectivity index (χ3n) is 4.14. The molecule has 2 amide bonds.